The number of para-hydroxylation sites is 1. The number of rotatable bonds is 8. The minimum absolute atomic E-state index is 0.00387. The van der Waals surface area contributed by atoms with Gasteiger partial charge in [-0.05, 0) is 48.1 Å². The largest absolute Gasteiger partial charge is 0.332 e. The summed E-state index contributed by atoms with van der Waals surface area (Å²) in [4.78, 5) is 27.0. The van der Waals surface area contributed by atoms with Crippen molar-refractivity contribution in [3.8, 4) is 0 Å². The molecule has 4 nitrogen and oxygen atoms in total. The molecule has 0 aliphatic carbocycles. The minimum atomic E-state index is -0.200. The number of likely N-dealkylation sites (N-methyl/N-ethyl adjacent to an activating group) is 1. The van der Waals surface area contributed by atoms with E-state index < -0.39 is 0 Å². The van der Waals surface area contributed by atoms with Gasteiger partial charge in [-0.2, -0.15) is 0 Å². The van der Waals surface area contributed by atoms with Crippen molar-refractivity contribution in [2.45, 2.75) is 26.2 Å². The molecule has 1 N–H and O–H groups in total. The molecule has 0 aliphatic rings. The molecule has 0 unspecified atom stereocenters. The van der Waals surface area contributed by atoms with Gasteiger partial charge in [0.05, 0.1) is 6.54 Å². The number of carbonyl (C=O) groups excluding carboxylic acids is 2. The molecule has 0 bridgehead atoms. The Hall–Kier alpha value is -3.40. The van der Waals surface area contributed by atoms with Gasteiger partial charge in [0.1, 0.15) is 0 Å². The van der Waals surface area contributed by atoms with Gasteiger partial charge in [0.25, 0.3) is 5.91 Å². The van der Waals surface area contributed by atoms with Gasteiger partial charge < -0.3 is 10.2 Å². The summed E-state index contributed by atoms with van der Waals surface area (Å²) in [5.74, 6) is -0.342. The SMILES string of the molecule is CCc1ccccc1NC(=O)CN(C)C(=O)c1ccccc1CCc1ccccc1. The van der Waals surface area contributed by atoms with Crippen LogP contribution in [0.1, 0.15) is 34.0 Å². The van der Waals surface area contributed by atoms with E-state index >= 15 is 0 Å². The van der Waals surface area contributed by atoms with E-state index in [9.17, 15) is 9.59 Å². The fourth-order valence-electron chi connectivity index (χ4n) is 3.50. The average molecular weight is 401 g/mol. The Bertz CT molecular complexity index is 999. The highest BCUT2D eigenvalue weighted by atomic mass is 16.2. The first-order valence-electron chi connectivity index (χ1n) is 10.3. The summed E-state index contributed by atoms with van der Waals surface area (Å²) in [5.41, 5.74) is 4.76. The fourth-order valence-corrected chi connectivity index (χ4v) is 3.50. The van der Waals surface area contributed by atoms with Gasteiger partial charge in [-0.1, -0.05) is 73.7 Å². The minimum Gasteiger partial charge on any atom is -0.332 e. The molecule has 0 saturated heterocycles. The van der Waals surface area contributed by atoms with Crippen molar-refractivity contribution in [2.75, 3.05) is 18.9 Å². The predicted molar refractivity (Wildman–Crippen MR) is 122 cm³/mol. The van der Waals surface area contributed by atoms with Gasteiger partial charge in [0, 0.05) is 18.3 Å². The van der Waals surface area contributed by atoms with E-state index in [0.717, 1.165) is 36.1 Å². The first kappa shape index (κ1) is 21.3. The van der Waals surface area contributed by atoms with Crippen LogP contribution in [0.4, 0.5) is 5.69 Å². The smallest absolute Gasteiger partial charge is 0.254 e. The van der Waals surface area contributed by atoms with E-state index in [1.54, 1.807) is 7.05 Å². The molecule has 3 aromatic rings. The number of benzene rings is 3. The Kier molecular flexibility index (Phi) is 7.39. The van der Waals surface area contributed by atoms with Crippen LogP contribution in [0.2, 0.25) is 0 Å². The molecule has 0 aliphatic heterocycles. The molecule has 0 saturated carbocycles. The predicted octanol–water partition coefficient (Wildman–Crippen LogP) is 4.74. The van der Waals surface area contributed by atoms with Crippen LogP contribution in [-0.4, -0.2) is 30.3 Å². The van der Waals surface area contributed by atoms with Gasteiger partial charge in [0.2, 0.25) is 5.91 Å². The normalized spacial score (nSPS) is 10.5. The lowest BCUT2D eigenvalue weighted by Gasteiger charge is -2.19. The Morgan fingerprint density at radius 1 is 0.800 bits per heavy atom. The van der Waals surface area contributed by atoms with Crippen molar-refractivity contribution in [2.24, 2.45) is 0 Å². The molecule has 0 aromatic heterocycles. The Balaban J connectivity index is 1.65. The monoisotopic (exact) mass is 400 g/mol. The average Bonchev–Trinajstić information content (AvgIpc) is 2.78. The van der Waals surface area contributed by atoms with Crippen LogP contribution in [0.25, 0.3) is 0 Å². The van der Waals surface area contributed by atoms with Crippen molar-refractivity contribution in [1.82, 2.24) is 4.90 Å². The molecule has 30 heavy (non-hydrogen) atoms. The van der Waals surface area contributed by atoms with Crippen molar-refractivity contribution in [1.29, 1.82) is 0 Å². The fraction of sp³-hybridized carbons (Fsp3) is 0.231. The van der Waals surface area contributed by atoms with Gasteiger partial charge >= 0.3 is 0 Å². The quantitative estimate of drug-likeness (QED) is 0.593. The molecule has 154 valence electrons. The van der Waals surface area contributed by atoms with E-state index in [4.69, 9.17) is 0 Å². The zero-order chi connectivity index (χ0) is 21.3. The molecule has 3 aromatic carbocycles. The van der Waals surface area contributed by atoms with Crippen LogP contribution in [0.15, 0.2) is 78.9 Å². The van der Waals surface area contributed by atoms with Crippen LogP contribution in [0, 0.1) is 0 Å². The van der Waals surface area contributed by atoms with Crippen molar-refractivity contribution >= 4 is 17.5 Å². The third-order valence-corrected chi connectivity index (χ3v) is 5.17. The number of amides is 2. The van der Waals surface area contributed by atoms with E-state index in [0.29, 0.717) is 5.56 Å². The second-order valence-corrected chi connectivity index (χ2v) is 7.36. The second kappa shape index (κ2) is 10.4. The van der Waals surface area contributed by atoms with E-state index in [1.807, 2.05) is 73.7 Å². The molecule has 2 amide bonds. The second-order valence-electron chi connectivity index (χ2n) is 7.36. The Morgan fingerprint density at radius 3 is 2.17 bits per heavy atom. The van der Waals surface area contributed by atoms with Crippen molar-refractivity contribution < 1.29 is 9.59 Å². The molecule has 4 heteroatoms. The first-order valence-corrected chi connectivity index (χ1v) is 10.3. The number of nitrogens with one attached hydrogen (secondary N) is 1. The molecular formula is C26H28N2O2. The maximum atomic E-state index is 13.0. The number of aryl methyl sites for hydroxylation is 3. The zero-order valence-corrected chi connectivity index (χ0v) is 17.6. The highest BCUT2D eigenvalue weighted by Crippen LogP contribution is 2.17. The van der Waals surface area contributed by atoms with Gasteiger partial charge in [-0.3, -0.25) is 9.59 Å². The summed E-state index contributed by atoms with van der Waals surface area (Å²) < 4.78 is 0. The number of anilines is 1. The number of hydrogen-bond acceptors (Lipinski definition) is 2. The Labute approximate surface area is 178 Å². The summed E-state index contributed by atoms with van der Waals surface area (Å²) in [6.07, 6.45) is 2.47. The molecule has 0 spiro atoms. The van der Waals surface area contributed by atoms with Crippen molar-refractivity contribution in [3.63, 3.8) is 0 Å². The standard InChI is InChI=1S/C26H28N2O2/c1-3-21-13-8-10-16-24(21)27-25(29)19-28(2)26(30)23-15-9-7-14-22(23)18-17-20-11-5-4-6-12-20/h4-16H,3,17-19H2,1-2H3,(H,27,29). The maximum absolute atomic E-state index is 13.0. The lowest BCUT2D eigenvalue weighted by Crippen LogP contribution is -2.35. The molecule has 0 fully saturated rings. The van der Waals surface area contributed by atoms with Crippen LogP contribution < -0.4 is 5.32 Å². The topological polar surface area (TPSA) is 49.4 Å². The van der Waals surface area contributed by atoms with E-state index in [2.05, 4.69) is 17.4 Å². The van der Waals surface area contributed by atoms with Gasteiger partial charge in [-0.15, -0.1) is 0 Å². The summed E-state index contributed by atoms with van der Waals surface area (Å²) in [7, 11) is 1.67. The molecular weight excluding hydrogens is 372 g/mol. The number of hydrogen-bond donors (Lipinski definition) is 1. The summed E-state index contributed by atoms with van der Waals surface area (Å²) in [6.45, 7) is 2.05. The molecule has 0 atom stereocenters. The van der Waals surface area contributed by atoms with Crippen molar-refractivity contribution in [3.05, 3.63) is 101 Å². The van der Waals surface area contributed by atoms with Crippen LogP contribution in [-0.2, 0) is 24.1 Å². The lowest BCUT2D eigenvalue weighted by atomic mass is 9.99. The third kappa shape index (κ3) is 5.57. The Morgan fingerprint density at radius 2 is 1.43 bits per heavy atom. The maximum Gasteiger partial charge on any atom is 0.254 e. The number of carbonyl (C=O) groups is 2. The summed E-state index contributed by atoms with van der Waals surface area (Å²) in [6, 6.07) is 25.6. The highest BCUT2D eigenvalue weighted by molar-refractivity contribution is 6.00. The number of nitrogens with zero attached hydrogens (tertiary/aromatic N) is 1. The molecule has 3 rings (SSSR count). The van der Waals surface area contributed by atoms with Crippen LogP contribution in [0.3, 0.4) is 0 Å². The lowest BCUT2D eigenvalue weighted by molar-refractivity contribution is -0.116. The highest BCUT2D eigenvalue weighted by Gasteiger charge is 2.18. The first-order chi connectivity index (χ1) is 14.6. The van der Waals surface area contributed by atoms with Gasteiger partial charge in [0.15, 0.2) is 0 Å². The van der Waals surface area contributed by atoms with E-state index in [-0.39, 0.29) is 18.4 Å². The summed E-state index contributed by atoms with van der Waals surface area (Å²) in [5, 5.41) is 2.93. The van der Waals surface area contributed by atoms with Crippen LogP contribution in [0.5, 0.6) is 0 Å². The molecule has 0 radical (unpaired) electrons. The zero-order valence-electron chi connectivity index (χ0n) is 17.6. The van der Waals surface area contributed by atoms with Crippen LogP contribution >= 0.6 is 0 Å². The third-order valence-electron chi connectivity index (χ3n) is 5.17. The van der Waals surface area contributed by atoms with E-state index in [1.165, 1.54) is 10.5 Å². The van der Waals surface area contributed by atoms with Gasteiger partial charge in [-0.25, -0.2) is 0 Å². The molecule has 0 heterocycles. The summed E-state index contributed by atoms with van der Waals surface area (Å²) >= 11 is 0.